The molecule has 11 aromatic rings. The first-order chi connectivity index (χ1) is 30.7. The second-order valence-corrected chi connectivity index (χ2v) is 15.2. The maximum Gasteiger partial charge on any atom is 0.164 e. The van der Waals surface area contributed by atoms with Gasteiger partial charge in [0, 0.05) is 38.8 Å². The van der Waals surface area contributed by atoms with E-state index in [2.05, 4.69) is 211 Å². The molecule has 0 aliphatic carbocycles. The zero-order valence-corrected chi connectivity index (χ0v) is 33.6. The summed E-state index contributed by atoms with van der Waals surface area (Å²) in [7, 11) is 0. The van der Waals surface area contributed by atoms with Crippen LogP contribution in [0, 0.1) is 0 Å². The lowest BCUT2D eigenvalue weighted by Crippen LogP contribution is -2.10. The molecule has 11 rings (SSSR count). The highest BCUT2D eigenvalue weighted by Crippen LogP contribution is 2.43. The number of furan rings is 1. The molecule has 0 saturated carbocycles. The fourth-order valence-corrected chi connectivity index (χ4v) is 8.18. The van der Waals surface area contributed by atoms with Crippen LogP contribution in [0.2, 0.25) is 0 Å². The first kappa shape index (κ1) is 36.7. The van der Waals surface area contributed by atoms with Crippen molar-refractivity contribution in [1.82, 2.24) is 15.0 Å². The number of hydrogen-bond acceptors (Lipinski definition) is 5. The Balaban J connectivity index is 1.01. The van der Waals surface area contributed by atoms with Crippen LogP contribution in [-0.2, 0) is 0 Å². The van der Waals surface area contributed by atoms with E-state index in [1.165, 1.54) is 5.56 Å². The van der Waals surface area contributed by atoms with Gasteiger partial charge in [0.25, 0.3) is 0 Å². The molecule has 292 valence electrons. The summed E-state index contributed by atoms with van der Waals surface area (Å²) in [5.41, 5.74) is 14.1. The van der Waals surface area contributed by atoms with Gasteiger partial charge in [-0.3, -0.25) is 0 Å². The number of hydrogen-bond donors (Lipinski definition) is 0. The van der Waals surface area contributed by atoms with Crippen molar-refractivity contribution in [1.29, 1.82) is 0 Å². The van der Waals surface area contributed by atoms with Crippen LogP contribution >= 0.6 is 0 Å². The SMILES string of the molecule is c1ccc(-c2ccc(-c3nc(-c4ccc(-c5ccccc5)cc4)nc(-c4ccc5c(c4)oc4c(N(c6ccccc6)c6ccc(-c7ccccc7)cc6)cccc45)n3)cc2)cc1. The fraction of sp³-hybridized carbons (Fsp3) is 0. The number of rotatable bonds is 9. The zero-order valence-electron chi connectivity index (χ0n) is 33.6. The van der Waals surface area contributed by atoms with E-state index < -0.39 is 0 Å². The van der Waals surface area contributed by atoms with Crippen LogP contribution < -0.4 is 4.90 Å². The maximum absolute atomic E-state index is 6.89. The molecular weight excluding hydrogens is 757 g/mol. The molecule has 0 fully saturated rings. The van der Waals surface area contributed by atoms with Crippen molar-refractivity contribution < 1.29 is 4.42 Å². The minimum absolute atomic E-state index is 0.566. The molecule has 62 heavy (non-hydrogen) atoms. The lowest BCUT2D eigenvalue weighted by atomic mass is 10.0. The summed E-state index contributed by atoms with van der Waals surface area (Å²) in [6.45, 7) is 0. The van der Waals surface area contributed by atoms with Gasteiger partial charge in [0.1, 0.15) is 5.58 Å². The van der Waals surface area contributed by atoms with Gasteiger partial charge in [-0.05, 0) is 75.8 Å². The minimum atomic E-state index is 0.566. The number of aromatic nitrogens is 3. The van der Waals surface area contributed by atoms with E-state index in [0.717, 1.165) is 83.5 Å². The fourth-order valence-electron chi connectivity index (χ4n) is 8.18. The molecule has 0 saturated heterocycles. The normalized spacial score (nSPS) is 11.2. The Morgan fingerprint density at radius 1 is 0.290 bits per heavy atom. The molecule has 0 aliphatic heterocycles. The highest BCUT2D eigenvalue weighted by Gasteiger charge is 2.21. The van der Waals surface area contributed by atoms with Crippen molar-refractivity contribution in [3.63, 3.8) is 0 Å². The molecule has 2 aromatic heterocycles. The summed E-state index contributed by atoms with van der Waals surface area (Å²) >= 11 is 0. The van der Waals surface area contributed by atoms with Crippen LogP contribution in [0.15, 0.2) is 235 Å². The molecule has 0 N–H and O–H groups in total. The zero-order chi connectivity index (χ0) is 41.2. The van der Waals surface area contributed by atoms with Crippen LogP contribution in [0.25, 0.3) is 89.5 Å². The quantitative estimate of drug-likeness (QED) is 0.146. The molecule has 0 spiro atoms. The Bertz CT molecular complexity index is 3200. The number of para-hydroxylation sites is 2. The Morgan fingerprint density at radius 2 is 0.677 bits per heavy atom. The average Bonchev–Trinajstić information content (AvgIpc) is 3.74. The lowest BCUT2D eigenvalue weighted by molar-refractivity contribution is 0.669. The molecule has 0 bridgehead atoms. The Morgan fingerprint density at radius 3 is 1.18 bits per heavy atom. The Labute approximate surface area is 359 Å². The van der Waals surface area contributed by atoms with E-state index in [1.807, 2.05) is 24.3 Å². The van der Waals surface area contributed by atoms with E-state index in [1.54, 1.807) is 0 Å². The third kappa shape index (κ3) is 7.08. The summed E-state index contributed by atoms with van der Waals surface area (Å²) in [5, 5.41) is 2.04. The van der Waals surface area contributed by atoms with Gasteiger partial charge >= 0.3 is 0 Å². The maximum atomic E-state index is 6.89. The second-order valence-electron chi connectivity index (χ2n) is 15.2. The minimum Gasteiger partial charge on any atom is -0.454 e. The highest BCUT2D eigenvalue weighted by molar-refractivity contribution is 6.11. The summed E-state index contributed by atoms with van der Waals surface area (Å²) in [5.74, 6) is 1.76. The Kier molecular flexibility index (Phi) is 9.45. The van der Waals surface area contributed by atoms with Gasteiger partial charge in [-0.2, -0.15) is 0 Å². The largest absolute Gasteiger partial charge is 0.454 e. The molecule has 0 aliphatic rings. The molecule has 0 atom stereocenters. The van der Waals surface area contributed by atoms with E-state index in [-0.39, 0.29) is 0 Å². The van der Waals surface area contributed by atoms with Crippen LogP contribution in [-0.4, -0.2) is 15.0 Å². The number of fused-ring (bicyclic) bond motifs is 3. The van der Waals surface area contributed by atoms with Gasteiger partial charge < -0.3 is 9.32 Å². The third-order valence-electron chi connectivity index (χ3n) is 11.4. The van der Waals surface area contributed by atoms with Crippen molar-refractivity contribution in [2.24, 2.45) is 0 Å². The molecule has 0 unspecified atom stereocenters. The molecule has 9 aromatic carbocycles. The molecule has 5 heteroatoms. The standard InChI is InChI=1S/C57H38N4O/c1-5-14-39(15-6-1)42-24-28-45(29-25-42)55-58-56(46-30-26-43(27-31-46)40-16-7-2-8-17-40)60-57(59-55)47-34-37-50-51-22-13-23-52(54(51)62-53(50)38-47)61(48-20-11-4-12-21-48)49-35-32-44(33-36-49)41-18-9-3-10-19-41/h1-38H. The van der Waals surface area contributed by atoms with Crippen LogP contribution in [0.1, 0.15) is 0 Å². The van der Waals surface area contributed by atoms with Gasteiger partial charge in [-0.15, -0.1) is 0 Å². The molecule has 5 nitrogen and oxygen atoms in total. The molecular formula is C57H38N4O. The van der Waals surface area contributed by atoms with Crippen LogP contribution in [0.3, 0.4) is 0 Å². The van der Waals surface area contributed by atoms with Gasteiger partial charge in [0.2, 0.25) is 0 Å². The highest BCUT2D eigenvalue weighted by atomic mass is 16.3. The van der Waals surface area contributed by atoms with Crippen LogP contribution in [0.4, 0.5) is 17.1 Å². The van der Waals surface area contributed by atoms with Crippen molar-refractivity contribution >= 4 is 39.0 Å². The van der Waals surface area contributed by atoms with E-state index in [4.69, 9.17) is 19.4 Å². The predicted octanol–water partition coefficient (Wildman–Crippen LogP) is 15.2. The van der Waals surface area contributed by atoms with Gasteiger partial charge in [0.05, 0.1) is 5.69 Å². The Hall–Kier alpha value is -8.41. The smallest absolute Gasteiger partial charge is 0.164 e. The van der Waals surface area contributed by atoms with E-state index in [9.17, 15) is 0 Å². The summed E-state index contributed by atoms with van der Waals surface area (Å²) in [6.07, 6.45) is 0. The average molecular weight is 795 g/mol. The topological polar surface area (TPSA) is 55.1 Å². The van der Waals surface area contributed by atoms with Crippen molar-refractivity contribution in [2.45, 2.75) is 0 Å². The molecule has 0 amide bonds. The first-order valence-electron chi connectivity index (χ1n) is 20.8. The first-order valence-corrected chi connectivity index (χ1v) is 20.8. The van der Waals surface area contributed by atoms with Crippen molar-refractivity contribution in [3.8, 4) is 67.5 Å². The summed E-state index contributed by atoms with van der Waals surface area (Å²) in [6, 6.07) is 79.8. The lowest BCUT2D eigenvalue weighted by Gasteiger charge is -2.25. The van der Waals surface area contributed by atoms with Gasteiger partial charge in [-0.25, -0.2) is 15.0 Å². The monoisotopic (exact) mass is 794 g/mol. The number of anilines is 3. The van der Waals surface area contributed by atoms with Crippen molar-refractivity contribution in [3.05, 3.63) is 231 Å². The molecule has 2 heterocycles. The summed E-state index contributed by atoms with van der Waals surface area (Å²) in [4.78, 5) is 17.5. The van der Waals surface area contributed by atoms with Gasteiger partial charge in [-0.1, -0.05) is 188 Å². The van der Waals surface area contributed by atoms with E-state index in [0.29, 0.717) is 17.5 Å². The van der Waals surface area contributed by atoms with E-state index >= 15 is 0 Å². The third-order valence-corrected chi connectivity index (χ3v) is 11.4. The predicted molar refractivity (Wildman–Crippen MR) is 254 cm³/mol. The van der Waals surface area contributed by atoms with Gasteiger partial charge in [0.15, 0.2) is 23.1 Å². The summed E-state index contributed by atoms with van der Waals surface area (Å²) < 4.78 is 6.89. The van der Waals surface area contributed by atoms with Crippen LogP contribution in [0.5, 0.6) is 0 Å². The second kappa shape index (κ2) is 16.0. The van der Waals surface area contributed by atoms with Crippen molar-refractivity contribution in [2.75, 3.05) is 4.90 Å². The number of nitrogens with zero attached hydrogens (tertiary/aromatic N) is 4. The molecule has 0 radical (unpaired) electrons. The number of benzene rings is 9.